The summed E-state index contributed by atoms with van der Waals surface area (Å²) in [6.45, 7) is -2.89. The number of nitrogens with zero attached hydrogens (tertiary/aromatic N) is 4. The third kappa shape index (κ3) is 3.74. The molecule has 0 spiro atoms. The summed E-state index contributed by atoms with van der Waals surface area (Å²) in [5, 5.41) is 8.69. The van der Waals surface area contributed by atoms with Gasteiger partial charge in [-0.2, -0.15) is 8.78 Å². The van der Waals surface area contributed by atoms with Crippen molar-refractivity contribution >= 4 is 16.4 Å². The average molecular weight is 400 g/mol. The van der Waals surface area contributed by atoms with E-state index in [2.05, 4.69) is 19.9 Å². The van der Waals surface area contributed by atoms with Gasteiger partial charge in [-0.05, 0) is 29.8 Å². The molecule has 1 unspecified atom stereocenters. The Balaban J connectivity index is 1.72. The molecule has 0 saturated heterocycles. The number of fused-ring (bicyclic) bond motifs is 1. The van der Waals surface area contributed by atoms with Crippen molar-refractivity contribution in [3.63, 3.8) is 0 Å². The smallest absolute Gasteiger partial charge is 0.387 e. The van der Waals surface area contributed by atoms with Crippen LogP contribution in [0.25, 0.3) is 17.0 Å². The van der Waals surface area contributed by atoms with Crippen molar-refractivity contribution in [3.05, 3.63) is 72.6 Å². The molecule has 0 aliphatic heterocycles. The topological polar surface area (TPSA) is 69.4 Å². The molecule has 0 radical (unpaired) electrons. The summed E-state index contributed by atoms with van der Waals surface area (Å²) >= 11 is 0. The number of ether oxygens (including phenoxy) is 1. The fraction of sp³-hybridized carbons (Fsp3) is 0.105. The van der Waals surface area contributed by atoms with Gasteiger partial charge in [0.25, 0.3) is 0 Å². The molecule has 0 N–H and O–H groups in total. The minimum Gasteiger partial charge on any atom is -0.435 e. The van der Waals surface area contributed by atoms with Gasteiger partial charge in [0, 0.05) is 5.56 Å². The maximum atomic E-state index is 13.0. The molecule has 0 bridgehead atoms. The van der Waals surface area contributed by atoms with Gasteiger partial charge >= 0.3 is 6.61 Å². The van der Waals surface area contributed by atoms with E-state index in [1.54, 1.807) is 16.5 Å². The monoisotopic (exact) mass is 400 g/mol. The Morgan fingerprint density at radius 1 is 1.00 bits per heavy atom. The molecular formula is C19H14F2N4O2S. The first-order chi connectivity index (χ1) is 13.6. The van der Waals surface area contributed by atoms with E-state index in [0.717, 1.165) is 5.56 Å². The van der Waals surface area contributed by atoms with Gasteiger partial charge in [0.05, 0.1) is 28.9 Å². The molecule has 0 aliphatic carbocycles. The largest absolute Gasteiger partial charge is 0.435 e. The zero-order valence-electron chi connectivity index (χ0n) is 14.4. The minimum absolute atomic E-state index is 0.0436. The van der Waals surface area contributed by atoms with Gasteiger partial charge in [0.15, 0.2) is 11.5 Å². The van der Waals surface area contributed by atoms with E-state index >= 15 is 0 Å². The summed E-state index contributed by atoms with van der Waals surface area (Å²) in [4.78, 5) is 4.11. The van der Waals surface area contributed by atoms with Gasteiger partial charge in [0.1, 0.15) is 10.8 Å². The van der Waals surface area contributed by atoms with E-state index < -0.39 is 17.4 Å². The molecule has 4 rings (SSSR count). The van der Waals surface area contributed by atoms with E-state index in [9.17, 15) is 13.0 Å². The Morgan fingerprint density at radius 3 is 2.46 bits per heavy atom. The van der Waals surface area contributed by atoms with Crippen LogP contribution >= 0.6 is 0 Å². The first-order valence-corrected chi connectivity index (χ1v) is 9.60. The highest BCUT2D eigenvalue weighted by atomic mass is 32.2. The lowest BCUT2D eigenvalue weighted by Crippen LogP contribution is -2.05. The number of hydrogen-bond donors (Lipinski definition) is 0. The van der Waals surface area contributed by atoms with Crippen LogP contribution in [0, 0.1) is 0 Å². The summed E-state index contributed by atoms with van der Waals surface area (Å²) in [6, 6.07) is 15.5. The maximum absolute atomic E-state index is 13.0. The predicted octanol–water partition coefficient (Wildman–Crippen LogP) is 3.70. The third-order valence-corrected chi connectivity index (χ3v) is 5.35. The van der Waals surface area contributed by atoms with Gasteiger partial charge in [-0.25, -0.2) is 0 Å². The third-order valence-electron chi connectivity index (χ3n) is 3.99. The van der Waals surface area contributed by atoms with Crippen LogP contribution in [0.15, 0.2) is 72.0 Å². The number of alkyl halides is 2. The van der Waals surface area contributed by atoms with Crippen molar-refractivity contribution in [1.29, 1.82) is 0 Å². The summed E-state index contributed by atoms with van der Waals surface area (Å²) in [5.41, 5.74) is 2.00. The molecule has 142 valence electrons. The zero-order valence-corrected chi connectivity index (χ0v) is 15.2. The number of halogens is 2. The zero-order chi connectivity index (χ0) is 19.5. The van der Waals surface area contributed by atoms with Crippen LogP contribution in [0.4, 0.5) is 8.78 Å². The molecule has 6 nitrogen and oxygen atoms in total. The molecule has 2 aromatic carbocycles. The van der Waals surface area contributed by atoms with Crippen LogP contribution in [0.5, 0.6) is 5.75 Å². The fourth-order valence-electron chi connectivity index (χ4n) is 2.76. The SMILES string of the molecule is O=S(Cc1ccccc1)c1cncc2nnc(-c3ccc(OC(F)F)cc3)n12. The first kappa shape index (κ1) is 18.2. The van der Waals surface area contributed by atoms with Crippen LogP contribution in [-0.2, 0) is 16.6 Å². The van der Waals surface area contributed by atoms with E-state index in [1.165, 1.54) is 24.5 Å². The molecule has 0 aliphatic rings. The van der Waals surface area contributed by atoms with E-state index in [-0.39, 0.29) is 5.75 Å². The van der Waals surface area contributed by atoms with Gasteiger partial charge in [-0.1, -0.05) is 30.3 Å². The highest BCUT2D eigenvalue weighted by molar-refractivity contribution is 7.84. The number of aromatic nitrogens is 4. The molecule has 0 fully saturated rings. The number of benzene rings is 2. The molecule has 2 aromatic heterocycles. The van der Waals surface area contributed by atoms with Gasteiger partial charge in [0.2, 0.25) is 0 Å². The van der Waals surface area contributed by atoms with Crippen LogP contribution in [-0.4, -0.2) is 30.4 Å². The lowest BCUT2D eigenvalue weighted by Gasteiger charge is -2.08. The fourth-order valence-corrected chi connectivity index (χ4v) is 3.96. The van der Waals surface area contributed by atoms with Gasteiger partial charge < -0.3 is 4.74 Å². The average Bonchev–Trinajstić information content (AvgIpc) is 3.13. The Morgan fingerprint density at radius 2 is 1.75 bits per heavy atom. The lowest BCUT2D eigenvalue weighted by molar-refractivity contribution is -0.0498. The summed E-state index contributed by atoms with van der Waals surface area (Å²) in [6.07, 6.45) is 3.04. The first-order valence-electron chi connectivity index (χ1n) is 8.28. The van der Waals surface area contributed by atoms with Gasteiger partial charge in [-0.15, -0.1) is 10.2 Å². The summed E-state index contributed by atoms with van der Waals surface area (Å²) < 4.78 is 43.7. The second-order valence-corrected chi connectivity index (χ2v) is 7.24. The van der Waals surface area contributed by atoms with Gasteiger partial charge in [-0.3, -0.25) is 13.6 Å². The second kappa shape index (κ2) is 7.81. The summed E-state index contributed by atoms with van der Waals surface area (Å²) in [7, 11) is -1.39. The number of hydrogen-bond acceptors (Lipinski definition) is 5. The molecule has 1 atom stereocenters. The van der Waals surface area contributed by atoms with Crippen molar-refractivity contribution in [2.75, 3.05) is 0 Å². The molecule has 9 heteroatoms. The Labute approximate surface area is 161 Å². The maximum Gasteiger partial charge on any atom is 0.387 e. The summed E-state index contributed by atoms with van der Waals surface area (Å²) in [5.74, 6) is 0.806. The molecule has 0 amide bonds. The highest BCUT2D eigenvalue weighted by Crippen LogP contribution is 2.25. The minimum atomic E-state index is -2.89. The quantitative estimate of drug-likeness (QED) is 0.494. The van der Waals surface area contributed by atoms with Crippen molar-refractivity contribution in [2.45, 2.75) is 17.4 Å². The van der Waals surface area contributed by atoms with E-state index in [0.29, 0.717) is 27.8 Å². The Bertz CT molecular complexity index is 1120. The predicted molar refractivity (Wildman–Crippen MR) is 99.4 cm³/mol. The van der Waals surface area contributed by atoms with Crippen molar-refractivity contribution in [2.24, 2.45) is 0 Å². The van der Waals surface area contributed by atoms with Crippen LogP contribution in [0.1, 0.15) is 5.56 Å². The normalized spacial score (nSPS) is 12.4. The molecule has 0 saturated carbocycles. The molecule has 4 aromatic rings. The Hall–Kier alpha value is -3.20. The van der Waals surface area contributed by atoms with E-state index in [1.807, 2.05) is 30.3 Å². The van der Waals surface area contributed by atoms with Crippen LogP contribution in [0.2, 0.25) is 0 Å². The lowest BCUT2D eigenvalue weighted by atomic mass is 10.2. The molecule has 28 heavy (non-hydrogen) atoms. The van der Waals surface area contributed by atoms with E-state index in [4.69, 9.17) is 0 Å². The highest BCUT2D eigenvalue weighted by Gasteiger charge is 2.17. The van der Waals surface area contributed by atoms with Crippen molar-refractivity contribution < 1.29 is 17.7 Å². The van der Waals surface area contributed by atoms with Crippen molar-refractivity contribution in [3.8, 4) is 17.1 Å². The standard InChI is InChI=1S/C19H14F2N4O2S/c20-19(21)27-15-8-6-14(7-9-15)18-24-23-16-10-22-11-17(25(16)18)28(26)12-13-4-2-1-3-5-13/h1-11,19H,12H2. The Kier molecular flexibility index (Phi) is 5.07. The molecule has 2 heterocycles. The van der Waals surface area contributed by atoms with Crippen LogP contribution < -0.4 is 4.74 Å². The van der Waals surface area contributed by atoms with Crippen molar-refractivity contribution in [1.82, 2.24) is 19.6 Å². The molecular weight excluding hydrogens is 386 g/mol. The van der Waals surface area contributed by atoms with Crippen LogP contribution in [0.3, 0.4) is 0 Å². The second-order valence-electron chi connectivity index (χ2n) is 5.84. The number of rotatable bonds is 6.